The zero-order valence-corrected chi connectivity index (χ0v) is 19.8. The lowest BCUT2D eigenvalue weighted by atomic mass is 9.81. The van der Waals surface area contributed by atoms with Crippen LogP contribution in [-0.2, 0) is 4.79 Å². The second-order valence-corrected chi connectivity index (χ2v) is 8.66. The molecule has 0 saturated heterocycles. The number of anilines is 1. The number of hydrogen-bond donors (Lipinski definition) is 2. The largest absolute Gasteiger partial charge is 0.497 e. The number of carbonyl (C=O) groups is 2. The first kappa shape index (κ1) is 22.4. The van der Waals surface area contributed by atoms with Crippen molar-refractivity contribution in [2.45, 2.75) is 25.8 Å². The van der Waals surface area contributed by atoms with E-state index < -0.39 is 12.0 Å². The summed E-state index contributed by atoms with van der Waals surface area (Å²) in [5.41, 5.74) is 4.85. The molecule has 4 aromatic rings. The van der Waals surface area contributed by atoms with Crippen molar-refractivity contribution >= 4 is 17.6 Å². The molecule has 2 heterocycles. The van der Waals surface area contributed by atoms with Gasteiger partial charge in [-0.2, -0.15) is 5.10 Å². The Labute approximate surface area is 203 Å². The van der Waals surface area contributed by atoms with E-state index >= 15 is 0 Å². The van der Waals surface area contributed by atoms with Gasteiger partial charge in [0.05, 0.1) is 18.5 Å². The fourth-order valence-corrected chi connectivity index (χ4v) is 4.63. The Morgan fingerprint density at radius 1 is 1.00 bits per heavy atom. The summed E-state index contributed by atoms with van der Waals surface area (Å²) in [4.78, 5) is 26.7. The SMILES string of the molecule is COc1ccc([C@@H]2c3c(C)nn(-c4ccccc4)c3NC(=O)[C@H]2NC(=O)c2cccc(C)c2)cc1. The van der Waals surface area contributed by atoms with Crippen LogP contribution in [-0.4, -0.2) is 34.7 Å². The monoisotopic (exact) mass is 466 g/mol. The van der Waals surface area contributed by atoms with Gasteiger partial charge in [0.2, 0.25) is 5.91 Å². The summed E-state index contributed by atoms with van der Waals surface area (Å²) < 4.78 is 7.08. The fourth-order valence-electron chi connectivity index (χ4n) is 4.63. The number of hydrogen-bond acceptors (Lipinski definition) is 4. The summed E-state index contributed by atoms with van der Waals surface area (Å²) in [6, 6.07) is 23.7. The summed E-state index contributed by atoms with van der Waals surface area (Å²) >= 11 is 0. The highest BCUT2D eigenvalue weighted by Crippen LogP contribution is 2.41. The van der Waals surface area contributed by atoms with Crippen LogP contribution in [0.2, 0.25) is 0 Å². The Morgan fingerprint density at radius 2 is 1.74 bits per heavy atom. The minimum absolute atomic E-state index is 0.295. The van der Waals surface area contributed by atoms with E-state index in [0.717, 1.165) is 28.1 Å². The van der Waals surface area contributed by atoms with Crippen molar-refractivity contribution in [2.24, 2.45) is 0 Å². The molecule has 0 radical (unpaired) electrons. The van der Waals surface area contributed by atoms with E-state index in [1.54, 1.807) is 17.9 Å². The normalized spacial score (nSPS) is 16.8. The summed E-state index contributed by atoms with van der Waals surface area (Å²) in [5.74, 6) is 0.294. The van der Waals surface area contributed by atoms with Gasteiger partial charge in [0.25, 0.3) is 5.91 Å². The minimum Gasteiger partial charge on any atom is -0.497 e. The molecule has 176 valence electrons. The molecule has 0 unspecified atom stereocenters. The van der Waals surface area contributed by atoms with Gasteiger partial charge in [0.15, 0.2) is 0 Å². The number of aromatic nitrogens is 2. The van der Waals surface area contributed by atoms with E-state index in [0.29, 0.717) is 17.1 Å². The van der Waals surface area contributed by atoms with Gasteiger partial charge in [0.1, 0.15) is 17.6 Å². The van der Waals surface area contributed by atoms with Crippen molar-refractivity contribution in [1.82, 2.24) is 15.1 Å². The average Bonchev–Trinajstić information content (AvgIpc) is 3.20. The maximum absolute atomic E-state index is 13.5. The Balaban J connectivity index is 1.62. The second-order valence-electron chi connectivity index (χ2n) is 8.66. The molecule has 0 spiro atoms. The molecule has 2 atom stereocenters. The van der Waals surface area contributed by atoms with Gasteiger partial charge in [-0.15, -0.1) is 0 Å². The van der Waals surface area contributed by atoms with Gasteiger partial charge in [-0.3, -0.25) is 9.59 Å². The van der Waals surface area contributed by atoms with Crippen molar-refractivity contribution in [3.8, 4) is 11.4 Å². The third-order valence-corrected chi connectivity index (χ3v) is 6.32. The maximum Gasteiger partial charge on any atom is 0.251 e. The second kappa shape index (κ2) is 9.10. The molecule has 2 amide bonds. The number of nitrogens with zero attached hydrogens (tertiary/aromatic N) is 2. The lowest BCUT2D eigenvalue weighted by molar-refractivity contribution is -0.118. The Hall–Kier alpha value is -4.39. The first-order valence-electron chi connectivity index (χ1n) is 11.4. The van der Waals surface area contributed by atoms with Gasteiger partial charge in [-0.05, 0) is 55.8 Å². The van der Waals surface area contributed by atoms with Crippen molar-refractivity contribution in [1.29, 1.82) is 0 Å². The lowest BCUT2D eigenvalue weighted by Crippen LogP contribution is -2.50. The van der Waals surface area contributed by atoms with Crippen LogP contribution in [0.4, 0.5) is 5.82 Å². The van der Waals surface area contributed by atoms with Gasteiger partial charge in [-0.25, -0.2) is 4.68 Å². The van der Waals surface area contributed by atoms with Gasteiger partial charge in [-0.1, -0.05) is 48.0 Å². The quantitative estimate of drug-likeness (QED) is 0.457. The molecule has 3 aromatic carbocycles. The first-order valence-corrected chi connectivity index (χ1v) is 11.4. The Bertz CT molecular complexity index is 1390. The molecule has 0 aliphatic carbocycles. The molecular formula is C28H26N4O3. The van der Waals surface area contributed by atoms with Gasteiger partial charge in [0, 0.05) is 17.0 Å². The third-order valence-electron chi connectivity index (χ3n) is 6.32. The van der Waals surface area contributed by atoms with Gasteiger partial charge < -0.3 is 15.4 Å². The molecule has 0 bridgehead atoms. The standard InChI is InChI=1S/C28H26N4O3/c1-17-8-7-9-20(16-17)27(33)29-25-24(19-12-14-22(35-3)15-13-19)23-18(2)31-32(26(23)30-28(25)34)21-10-5-4-6-11-21/h4-16,24-25H,1-3H3,(H,29,33)(H,30,34)/t24-,25+/m1/s1. The van der Waals surface area contributed by atoms with Crippen LogP contribution < -0.4 is 15.4 Å². The predicted molar refractivity (Wildman–Crippen MR) is 134 cm³/mol. The lowest BCUT2D eigenvalue weighted by Gasteiger charge is -2.33. The molecule has 1 aliphatic heterocycles. The molecule has 1 aliphatic rings. The van der Waals surface area contributed by atoms with Crippen LogP contribution in [0.5, 0.6) is 5.75 Å². The smallest absolute Gasteiger partial charge is 0.251 e. The van der Waals surface area contributed by atoms with E-state index in [2.05, 4.69) is 10.6 Å². The molecule has 0 saturated carbocycles. The number of amides is 2. The van der Waals surface area contributed by atoms with Crippen LogP contribution in [0.1, 0.15) is 38.7 Å². The molecule has 0 fully saturated rings. The first-order chi connectivity index (χ1) is 17.0. The number of rotatable bonds is 5. The molecular weight excluding hydrogens is 440 g/mol. The van der Waals surface area contributed by atoms with Crippen molar-refractivity contribution in [2.75, 3.05) is 12.4 Å². The number of nitrogens with one attached hydrogen (secondary N) is 2. The Morgan fingerprint density at radius 3 is 2.43 bits per heavy atom. The molecule has 7 heteroatoms. The van der Waals surface area contributed by atoms with Crippen LogP contribution >= 0.6 is 0 Å². The highest BCUT2D eigenvalue weighted by atomic mass is 16.5. The zero-order valence-electron chi connectivity index (χ0n) is 19.8. The highest BCUT2D eigenvalue weighted by molar-refractivity contribution is 6.04. The van der Waals surface area contributed by atoms with Gasteiger partial charge >= 0.3 is 0 Å². The summed E-state index contributed by atoms with van der Waals surface area (Å²) in [6.07, 6.45) is 0. The van der Waals surface area contributed by atoms with Crippen LogP contribution in [0.25, 0.3) is 5.69 Å². The number of fused-ring (bicyclic) bond motifs is 1. The average molecular weight is 467 g/mol. The van der Waals surface area contributed by atoms with Crippen LogP contribution in [0.3, 0.4) is 0 Å². The number of para-hydroxylation sites is 1. The molecule has 2 N–H and O–H groups in total. The zero-order chi connectivity index (χ0) is 24.5. The van der Waals surface area contributed by atoms with Crippen molar-refractivity contribution in [3.05, 3.63) is 107 Å². The third kappa shape index (κ3) is 4.17. The Kier molecular flexibility index (Phi) is 5.82. The summed E-state index contributed by atoms with van der Waals surface area (Å²) in [6.45, 7) is 3.85. The number of ether oxygens (including phenoxy) is 1. The fraction of sp³-hybridized carbons (Fsp3) is 0.179. The van der Waals surface area contributed by atoms with Crippen molar-refractivity contribution < 1.29 is 14.3 Å². The molecule has 1 aromatic heterocycles. The summed E-state index contributed by atoms with van der Waals surface area (Å²) in [7, 11) is 1.61. The number of benzene rings is 3. The van der Waals surface area contributed by atoms with E-state index in [4.69, 9.17) is 9.84 Å². The number of aryl methyl sites for hydroxylation is 2. The van der Waals surface area contributed by atoms with E-state index in [9.17, 15) is 9.59 Å². The van der Waals surface area contributed by atoms with Crippen LogP contribution in [0, 0.1) is 13.8 Å². The number of carbonyl (C=O) groups excluding carboxylic acids is 2. The van der Waals surface area contributed by atoms with Crippen molar-refractivity contribution in [3.63, 3.8) is 0 Å². The maximum atomic E-state index is 13.5. The molecule has 5 rings (SSSR count). The summed E-state index contributed by atoms with van der Waals surface area (Å²) in [5, 5.41) is 10.8. The minimum atomic E-state index is -0.823. The topological polar surface area (TPSA) is 85.2 Å². The highest BCUT2D eigenvalue weighted by Gasteiger charge is 2.41. The van der Waals surface area contributed by atoms with Crippen LogP contribution in [0.15, 0.2) is 78.9 Å². The predicted octanol–water partition coefficient (Wildman–Crippen LogP) is 4.38. The number of methoxy groups -OCH3 is 1. The van der Waals surface area contributed by atoms with E-state index in [1.165, 1.54) is 0 Å². The van der Waals surface area contributed by atoms with E-state index in [-0.39, 0.29) is 11.8 Å². The van der Waals surface area contributed by atoms with E-state index in [1.807, 2.05) is 86.6 Å². The molecule has 35 heavy (non-hydrogen) atoms. The molecule has 7 nitrogen and oxygen atoms in total.